The lowest BCUT2D eigenvalue weighted by Gasteiger charge is -2.35. The van der Waals surface area contributed by atoms with Crippen molar-refractivity contribution in [3.05, 3.63) is 0 Å². The van der Waals surface area contributed by atoms with Crippen LogP contribution in [0, 0.1) is 11.8 Å². The van der Waals surface area contributed by atoms with Gasteiger partial charge in [0.25, 0.3) is 0 Å². The van der Waals surface area contributed by atoms with E-state index >= 15 is 0 Å². The lowest BCUT2D eigenvalue weighted by Crippen LogP contribution is -2.49. The van der Waals surface area contributed by atoms with Crippen LogP contribution in [0.4, 0.5) is 0 Å². The molecule has 1 saturated carbocycles. The van der Waals surface area contributed by atoms with Crippen molar-refractivity contribution in [3.63, 3.8) is 0 Å². The lowest BCUT2D eigenvalue weighted by molar-refractivity contribution is -0.139. The molecule has 4 atom stereocenters. The number of aliphatic carboxylic acids is 1. The van der Waals surface area contributed by atoms with E-state index in [1.54, 1.807) is 4.90 Å². The number of amides is 1. The van der Waals surface area contributed by atoms with Gasteiger partial charge in [0.1, 0.15) is 0 Å². The molecule has 1 amide bonds. The Bertz CT molecular complexity index is 359. The standard InChI is InChI=1S/C16H30N2O3/c1-5-12(3)18(10-16(20)21)9-15(19)17-14-8-6-7-11(2)13(14)4/h11-14H,5-10H2,1-4H3,(H,17,19)(H,20,21)/t11-,12+,13-,14-/m1/s1. The van der Waals surface area contributed by atoms with Crippen LogP contribution in [-0.2, 0) is 9.59 Å². The van der Waals surface area contributed by atoms with Crippen LogP contribution < -0.4 is 5.32 Å². The second kappa shape index (κ2) is 8.37. The number of nitrogens with one attached hydrogen (secondary N) is 1. The number of carboxylic acid groups (broad SMARTS) is 1. The van der Waals surface area contributed by atoms with Crippen molar-refractivity contribution in [2.75, 3.05) is 13.1 Å². The zero-order valence-corrected chi connectivity index (χ0v) is 13.8. The maximum absolute atomic E-state index is 12.2. The molecule has 0 aliphatic heterocycles. The fourth-order valence-corrected chi connectivity index (χ4v) is 3.02. The molecule has 1 fully saturated rings. The number of nitrogens with zero attached hydrogens (tertiary/aromatic N) is 1. The molecular formula is C16H30N2O3. The summed E-state index contributed by atoms with van der Waals surface area (Å²) in [5.41, 5.74) is 0. The van der Waals surface area contributed by atoms with Gasteiger partial charge < -0.3 is 10.4 Å². The third-order valence-corrected chi connectivity index (χ3v) is 4.95. The molecule has 0 radical (unpaired) electrons. The average Bonchev–Trinajstić information content (AvgIpc) is 2.41. The lowest BCUT2D eigenvalue weighted by atomic mass is 9.78. The quantitative estimate of drug-likeness (QED) is 0.755. The Morgan fingerprint density at radius 1 is 1.29 bits per heavy atom. The first-order valence-corrected chi connectivity index (χ1v) is 8.10. The molecule has 0 aromatic rings. The Morgan fingerprint density at radius 3 is 2.52 bits per heavy atom. The number of hydrogen-bond donors (Lipinski definition) is 2. The SMILES string of the molecule is CC[C@H](C)N(CC(=O)O)CC(=O)N[C@@H]1CCC[C@@H](C)[C@H]1C. The molecule has 5 nitrogen and oxygen atoms in total. The normalized spacial score (nSPS) is 27.4. The molecule has 0 saturated heterocycles. The monoisotopic (exact) mass is 298 g/mol. The first kappa shape index (κ1) is 18.0. The first-order valence-electron chi connectivity index (χ1n) is 8.10. The van der Waals surface area contributed by atoms with E-state index in [0.29, 0.717) is 11.8 Å². The highest BCUT2D eigenvalue weighted by Gasteiger charge is 2.29. The zero-order valence-electron chi connectivity index (χ0n) is 13.8. The highest BCUT2D eigenvalue weighted by Crippen LogP contribution is 2.29. The number of carbonyl (C=O) groups excluding carboxylic acids is 1. The minimum Gasteiger partial charge on any atom is -0.480 e. The highest BCUT2D eigenvalue weighted by atomic mass is 16.4. The summed E-state index contributed by atoms with van der Waals surface area (Å²) in [7, 11) is 0. The average molecular weight is 298 g/mol. The van der Waals surface area contributed by atoms with Crippen molar-refractivity contribution in [1.29, 1.82) is 0 Å². The zero-order chi connectivity index (χ0) is 16.0. The molecular weight excluding hydrogens is 268 g/mol. The number of hydrogen-bond acceptors (Lipinski definition) is 3. The predicted octanol–water partition coefficient (Wildman–Crippen LogP) is 2.11. The minimum absolute atomic E-state index is 0.0532. The Labute approximate surface area is 128 Å². The Balaban J connectivity index is 2.54. The molecule has 0 unspecified atom stereocenters. The third kappa shape index (κ3) is 5.65. The third-order valence-electron chi connectivity index (χ3n) is 4.95. The second-order valence-corrected chi connectivity index (χ2v) is 6.50. The van der Waals surface area contributed by atoms with E-state index in [9.17, 15) is 9.59 Å². The summed E-state index contributed by atoms with van der Waals surface area (Å²) in [6.07, 6.45) is 4.24. The predicted molar refractivity (Wildman–Crippen MR) is 83.1 cm³/mol. The van der Waals surface area contributed by atoms with Gasteiger partial charge >= 0.3 is 5.97 Å². The summed E-state index contributed by atoms with van der Waals surface area (Å²) in [4.78, 5) is 24.9. The fraction of sp³-hybridized carbons (Fsp3) is 0.875. The summed E-state index contributed by atoms with van der Waals surface area (Å²) in [5, 5.41) is 12.1. The molecule has 122 valence electrons. The largest absolute Gasteiger partial charge is 0.480 e. The van der Waals surface area contributed by atoms with Gasteiger partial charge in [-0.05, 0) is 31.6 Å². The van der Waals surface area contributed by atoms with Gasteiger partial charge in [0.15, 0.2) is 0 Å². The smallest absolute Gasteiger partial charge is 0.317 e. The molecule has 2 N–H and O–H groups in total. The molecule has 21 heavy (non-hydrogen) atoms. The molecule has 1 aliphatic rings. The molecule has 0 spiro atoms. The van der Waals surface area contributed by atoms with Crippen LogP contribution >= 0.6 is 0 Å². The fourth-order valence-electron chi connectivity index (χ4n) is 3.02. The van der Waals surface area contributed by atoms with Crippen molar-refractivity contribution in [2.24, 2.45) is 11.8 Å². The molecule has 0 bridgehead atoms. The molecule has 0 heterocycles. The van der Waals surface area contributed by atoms with E-state index in [1.807, 2.05) is 13.8 Å². The molecule has 1 aliphatic carbocycles. The summed E-state index contributed by atoms with van der Waals surface area (Å²) >= 11 is 0. The van der Waals surface area contributed by atoms with Crippen LogP contribution in [0.2, 0.25) is 0 Å². The van der Waals surface area contributed by atoms with Crippen LogP contribution in [0.1, 0.15) is 53.4 Å². The Morgan fingerprint density at radius 2 is 1.95 bits per heavy atom. The summed E-state index contributed by atoms with van der Waals surface area (Å²) in [6, 6.07) is 0.319. The van der Waals surface area contributed by atoms with Crippen LogP contribution in [-0.4, -0.2) is 47.1 Å². The van der Waals surface area contributed by atoms with Gasteiger partial charge in [-0.15, -0.1) is 0 Å². The van der Waals surface area contributed by atoms with E-state index in [2.05, 4.69) is 19.2 Å². The first-order chi connectivity index (χ1) is 9.85. The van der Waals surface area contributed by atoms with Gasteiger partial charge in [0.2, 0.25) is 5.91 Å². The maximum Gasteiger partial charge on any atom is 0.317 e. The number of carbonyl (C=O) groups is 2. The van der Waals surface area contributed by atoms with Crippen LogP contribution in [0.3, 0.4) is 0 Å². The number of carboxylic acids is 1. The van der Waals surface area contributed by atoms with Crippen molar-refractivity contribution >= 4 is 11.9 Å². The van der Waals surface area contributed by atoms with Crippen LogP contribution in [0.5, 0.6) is 0 Å². The van der Waals surface area contributed by atoms with E-state index in [-0.39, 0.29) is 31.1 Å². The van der Waals surface area contributed by atoms with Gasteiger partial charge in [-0.1, -0.05) is 33.6 Å². The van der Waals surface area contributed by atoms with Crippen LogP contribution in [0.25, 0.3) is 0 Å². The van der Waals surface area contributed by atoms with Crippen molar-refractivity contribution in [3.8, 4) is 0 Å². The van der Waals surface area contributed by atoms with Gasteiger partial charge in [-0.3, -0.25) is 14.5 Å². The molecule has 1 rings (SSSR count). The van der Waals surface area contributed by atoms with Gasteiger partial charge in [0, 0.05) is 12.1 Å². The van der Waals surface area contributed by atoms with Gasteiger partial charge in [0.05, 0.1) is 13.1 Å². The van der Waals surface area contributed by atoms with E-state index < -0.39 is 5.97 Å². The van der Waals surface area contributed by atoms with Crippen LogP contribution in [0.15, 0.2) is 0 Å². The highest BCUT2D eigenvalue weighted by molar-refractivity contribution is 5.79. The Hall–Kier alpha value is -1.10. The van der Waals surface area contributed by atoms with Gasteiger partial charge in [-0.25, -0.2) is 0 Å². The topological polar surface area (TPSA) is 69.6 Å². The van der Waals surface area contributed by atoms with Gasteiger partial charge in [-0.2, -0.15) is 0 Å². The van der Waals surface area contributed by atoms with Crippen molar-refractivity contribution in [1.82, 2.24) is 10.2 Å². The Kier molecular flexibility index (Phi) is 7.15. The summed E-state index contributed by atoms with van der Waals surface area (Å²) in [6.45, 7) is 8.47. The van der Waals surface area contributed by atoms with E-state index in [1.165, 1.54) is 6.42 Å². The maximum atomic E-state index is 12.2. The number of rotatable bonds is 7. The minimum atomic E-state index is -0.886. The summed E-state index contributed by atoms with van der Waals surface area (Å²) in [5.74, 6) is 0.179. The molecule has 5 heteroatoms. The second-order valence-electron chi connectivity index (χ2n) is 6.50. The van der Waals surface area contributed by atoms with E-state index in [4.69, 9.17) is 5.11 Å². The molecule has 0 aromatic heterocycles. The summed E-state index contributed by atoms with van der Waals surface area (Å²) < 4.78 is 0. The van der Waals surface area contributed by atoms with Crippen molar-refractivity contribution < 1.29 is 14.7 Å². The van der Waals surface area contributed by atoms with E-state index in [0.717, 1.165) is 19.3 Å². The molecule has 0 aromatic carbocycles. The van der Waals surface area contributed by atoms with Crippen molar-refractivity contribution in [2.45, 2.75) is 65.5 Å².